The molecule has 2 aromatic heterocycles. The Morgan fingerprint density at radius 1 is 0.947 bits per heavy atom. The third kappa shape index (κ3) is 1.47. The van der Waals surface area contributed by atoms with Crippen molar-refractivity contribution in [2.24, 2.45) is 0 Å². The molecule has 0 radical (unpaired) electrons. The van der Waals surface area contributed by atoms with Crippen LogP contribution < -0.4 is 0 Å². The molecule has 92 valence electrons. The zero-order chi connectivity index (χ0) is 13.0. The molecule has 0 aliphatic carbocycles. The van der Waals surface area contributed by atoms with Gasteiger partial charge in [0.2, 0.25) is 0 Å². The molecule has 0 aliphatic rings. The summed E-state index contributed by atoms with van der Waals surface area (Å²) in [6.07, 6.45) is 1.72. The molecular formula is C15H7F2NS. The standard InChI is InChI=1S/C15H7F2NS/c16-8-4-5-11-9(6-8)14-13(7-18-11)19-12-3-1-2-10(17)15(12)14/h1-7H. The van der Waals surface area contributed by atoms with Crippen LogP contribution in [0.15, 0.2) is 42.6 Å². The molecule has 0 atom stereocenters. The second-order valence-corrected chi connectivity index (χ2v) is 5.46. The Labute approximate surface area is 111 Å². The summed E-state index contributed by atoms with van der Waals surface area (Å²) in [6, 6.07) is 9.39. The predicted octanol–water partition coefficient (Wildman–Crippen LogP) is 4.88. The third-order valence-electron chi connectivity index (χ3n) is 3.24. The molecule has 2 heterocycles. The van der Waals surface area contributed by atoms with Gasteiger partial charge in [-0.05, 0) is 30.3 Å². The molecule has 0 unspecified atom stereocenters. The molecular weight excluding hydrogens is 264 g/mol. The van der Waals surface area contributed by atoms with Gasteiger partial charge in [0.1, 0.15) is 11.6 Å². The lowest BCUT2D eigenvalue weighted by atomic mass is 10.1. The van der Waals surface area contributed by atoms with E-state index in [9.17, 15) is 8.78 Å². The van der Waals surface area contributed by atoms with Gasteiger partial charge in [-0.3, -0.25) is 4.98 Å². The van der Waals surface area contributed by atoms with Gasteiger partial charge in [0.15, 0.2) is 0 Å². The maximum Gasteiger partial charge on any atom is 0.132 e. The first-order valence-electron chi connectivity index (χ1n) is 5.79. The van der Waals surface area contributed by atoms with Crippen LogP contribution in [0.25, 0.3) is 31.1 Å². The summed E-state index contributed by atoms with van der Waals surface area (Å²) in [6.45, 7) is 0. The van der Waals surface area contributed by atoms with Crippen LogP contribution in [-0.2, 0) is 0 Å². The lowest BCUT2D eigenvalue weighted by Crippen LogP contribution is -1.82. The van der Waals surface area contributed by atoms with Crippen LogP contribution in [0.1, 0.15) is 0 Å². The van der Waals surface area contributed by atoms with Gasteiger partial charge in [-0.15, -0.1) is 11.3 Å². The Balaban J connectivity index is 2.37. The average molecular weight is 271 g/mol. The van der Waals surface area contributed by atoms with Gasteiger partial charge in [-0.1, -0.05) is 6.07 Å². The van der Waals surface area contributed by atoms with E-state index in [0.717, 1.165) is 14.8 Å². The molecule has 0 bridgehead atoms. The molecule has 0 N–H and O–H groups in total. The predicted molar refractivity (Wildman–Crippen MR) is 74.5 cm³/mol. The number of aromatic nitrogens is 1. The molecule has 0 amide bonds. The van der Waals surface area contributed by atoms with Gasteiger partial charge in [0.25, 0.3) is 0 Å². The summed E-state index contributed by atoms with van der Waals surface area (Å²) in [4.78, 5) is 4.30. The first-order chi connectivity index (χ1) is 9.24. The van der Waals surface area contributed by atoms with Crippen molar-refractivity contribution in [3.05, 3.63) is 54.2 Å². The average Bonchev–Trinajstić information content (AvgIpc) is 2.78. The fourth-order valence-corrected chi connectivity index (χ4v) is 3.54. The van der Waals surface area contributed by atoms with Crippen LogP contribution in [0.4, 0.5) is 8.78 Å². The maximum atomic E-state index is 14.1. The zero-order valence-electron chi connectivity index (χ0n) is 9.65. The Hall–Kier alpha value is -2.07. The van der Waals surface area contributed by atoms with E-state index >= 15 is 0 Å². The first kappa shape index (κ1) is 10.8. The van der Waals surface area contributed by atoms with Gasteiger partial charge in [0.05, 0.1) is 10.2 Å². The molecule has 2 aromatic carbocycles. The maximum absolute atomic E-state index is 14.1. The number of benzene rings is 2. The fourth-order valence-electron chi connectivity index (χ4n) is 2.43. The topological polar surface area (TPSA) is 12.9 Å². The van der Waals surface area contributed by atoms with Crippen LogP contribution in [0.3, 0.4) is 0 Å². The van der Waals surface area contributed by atoms with Crippen LogP contribution in [0.2, 0.25) is 0 Å². The van der Waals surface area contributed by atoms with Crippen molar-refractivity contribution >= 4 is 42.4 Å². The van der Waals surface area contributed by atoms with Crippen LogP contribution in [0.5, 0.6) is 0 Å². The van der Waals surface area contributed by atoms with Gasteiger partial charge in [0, 0.05) is 27.1 Å². The Bertz CT molecular complexity index is 943. The van der Waals surface area contributed by atoms with Gasteiger partial charge in [-0.2, -0.15) is 0 Å². The third-order valence-corrected chi connectivity index (χ3v) is 4.33. The summed E-state index contributed by atoms with van der Waals surface area (Å²) < 4.78 is 29.3. The smallest absolute Gasteiger partial charge is 0.132 e. The molecule has 0 spiro atoms. The minimum Gasteiger partial charge on any atom is -0.255 e. The molecule has 19 heavy (non-hydrogen) atoms. The number of thiophene rings is 1. The Morgan fingerprint density at radius 2 is 1.84 bits per heavy atom. The van der Waals surface area contributed by atoms with E-state index in [-0.39, 0.29) is 11.6 Å². The summed E-state index contributed by atoms with van der Waals surface area (Å²) in [5.74, 6) is -0.613. The number of pyridine rings is 1. The number of fused-ring (bicyclic) bond motifs is 5. The molecule has 4 rings (SSSR count). The molecule has 4 aromatic rings. The molecule has 4 heteroatoms. The van der Waals surface area contributed by atoms with Crippen LogP contribution in [0, 0.1) is 11.6 Å². The SMILES string of the molecule is Fc1ccc2ncc3sc4cccc(F)c4c3c2c1. The minimum absolute atomic E-state index is 0.277. The highest BCUT2D eigenvalue weighted by molar-refractivity contribution is 7.26. The highest BCUT2D eigenvalue weighted by Crippen LogP contribution is 2.38. The summed E-state index contributed by atoms with van der Waals surface area (Å²) in [7, 11) is 0. The summed E-state index contributed by atoms with van der Waals surface area (Å²) in [5, 5.41) is 1.97. The van der Waals surface area contributed by atoms with Crippen molar-refractivity contribution in [3.8, 4) is 0 Å². The fraction of sp³-hybridized carbons (Fsp3) is 0. The van der Waals surface area contributed by atoms with E-state index in [0.29, 0.717) is 16.3 Å². The largest absolute Gasteiger partial charge is 0.255 e. The number of halogens is 2. The summed E-state index contributed by atoms with van der Waals surface area (Å²) >= 11 is 1.47. The van der Waals surface area contributed by atoms with Gasteiger partial charge in [-0.25, -0.2) is 8.78 Å². The molecule has 0 aliphatic heterocycles. The first-order valence-corrected chi connectivity index (χ1v) is 6.61. The number of hydrogen-bond donors (Lipinski definition) is 0. The number of nitrogens with zero attached hydrogens (tertiary/aromatic N) is 1. The van der Waals surface area contributed by atoms with Crippen molar-refractivity contribution in [1.82, 2.24) is 4.98 Å². The molecule has 0 saturated carbocycles. The second-order valence-electron chi connectivity index (χ2n) is 4.37. The highest BCUT2D eigenvalue weighted by atomic mass is 32.1. The lowest BCUT2D eigenvalue weighted by molar-refractivity contribution is 0.629. The van der Waals surface area contributed by atoms with E-state index in [1.165, 1.54) is 29.5 Å². The Kier molecular flexibility index (Phi) is 2.11. The summed E-state index contributed by atoms with van der Waals surface area (Å²) in [5.41, 5.74) is 0.678. The van der Waals surface area contributed by atoms with E-state index in [1.807, 2.05) is 6.07 Å². The van der Waals surface area contributed by atoms with Crippen molar-refractivity contribution in [2.45, 2.75) is 0 Å². The van der Waals surface area contributed by atoms with E-state index in [4.69, 9.17) is 0 Å². The highest BCUT2D eigenvalue weighted by Gasteiger charge is 2.13. The number of rotatable bonds is 0. The van der Waals surface area contributed by atoms with E-state index in [2.05, 4.69) is 4.98 Å². The van der Waals surface area contributed by atoms with Crippen LogP contribution >= 0.6 is 11.3 Å². The molecule has 0 fully saturated rings. The second kappa shape index (κ2) is 3.71. The normalized spacial score (nSPS) is 11.7. The van der Waals surface area contributed by atoms with Crippen molar-refractivity contribution in [2.75, 3.05) is 0 Å². The van der Waals surface area contributed by atoms with E-state index < -0.39 is 0 Å². The van der Waals surface area contributed by atoms with E-state index in [1.54, 1.807) is 18.3 Å². The minimum atomic E-state index is -0.336. The quantitative estimate of drug-likeness (QED) is 0.444. The van der Waals surface area contributed by atoms with Gasteiger partial charge < -0.3 is 0 Å². The monoisotopic (exact) mass is 271 g/mol. The Morgan fingerprint density at radius 3 is 2.74 bits per heavy atom. The van der Waals surface area contributed by atoms with Crippen molar-refractivity contribution in [1.29, 1.82) is 0 Å². The van der Waals surface area contributed by atoms with Crippen molar-refractivity contribution < 1.29 is 8.78 Å². The molecule has 1 nitrogen and oxygen atoms in total. The lowest BCUT2D eigenvalue weighted by Gasteiger charge is -2.00. The van der Waals surface area contributed by atoms with Gasteiger partial charge >= 0.3 is 0 Å². The van der Waals surface area contributed by atoms with Crippen molar-refractivity contribution in [3.63, 3.8) is 0 Å². The zero-order valence-corrected chi connectivity index (χ0v) is 10.5. The number of hydrogen-bond acceptors (Lipinski definition) is 2. The molecule has 0 saturated heterocycles. The van der Waals surface area contributed by atoms with Crippen LogP contribution in [-0.4, -0.2) is 4.98 Å².